The molecule has 0 fully saturated rings. The van der Waals surface area contributed by atoms with Crippen molar-refractivity contribution in [1.82, 2.24) is 5.32 Å². The molecule has 2 aromatic rings. The molecule has 26 heavy (non-hydrogen) atoms. The van der Waals surface area contributed by atoms with Gasteiger partial charge in [-0.1, -0.05) is 0 Å². The Kier molecular flexibility index (Phi) is 7.25. The topological polar surface area (TPSA) is 80.6 Å². The third-order valence-corrected chi connectivity index (χ3v) is 3.41. The molecule has 2 aromatic carbocycles. The zero-order valence-corrected chi connectivity index (χ0v) is 14.3. The van der Waals surface area contributed by atoms with E-state index in [1.807, 2.05) is 0 Å². The number of nitriles is 1. The second kappa shape index (κ2) is 9.89. The maximum Gasteiger partial charge on any atom is 0.234 e. The average Bonchev–Trinajstić information content (AvgIpc) is 2.65. The Hall–Kier alpha value is -3.27. The number of amides is 1. The number of hydrogen-bond donors (Lipinski definition) is 1. The second-order valence-corrected chi connectivity index (χ2v) is 5.24. The highest BCUT2D eigenvalue weighted by Gasteiger charge is 2.08. The van der Waals surface area contributed by atoms with Crippen molar-refractivity contribution in [3.63, 3.8) is 0 Å². The summed E-state index contributed by atoms with van der Waals surface area (Å²) in [6.45, 7) is 0.755. The molecule has 0 heterocycles. The zero-order valence-electron chi connectivity index (χ0n) is 14.3. The standard InChI is InChI=1S/C19H19FN2O4/c1-24-17-5-2-14(13-22-19(23)8-9-21)18(12-17)26-11-10-25-16-6-3-15(20)4-7-16/h2-7,12H,8,10-11,13H2,1H3,(H,22,23). The molecule has 0 aliphatic heterocycles. The van der Waals surface area contributed by atoms with E-state index in [4.69, 9.17) is 19.5 Å². The zero-order chi connectivity index (χ0) is 18.8. The van der Waals surface area contributed by atoms with Crippen molar-refractivity contribution in [2.24, 2.45) is 0 Å². The Bertz CT molecular complexity index is 772. The number of nitrogens with one attached hydrogen (secondary N) is 1. The third-order valence-electron chi connectivity index (χ3n) is 3.41. The Morgan fingerprint density at radius 2 is 1.81 bits per heavy atom. The monoisotopic (exact) mass is 358 g/mol. The van der Waals surface area contributed by atoms with Crippen molar-refractivity contribution in [2.45, 2.75) is 13.0 Å². The van der Waals surface area contributed by atoms with E-state index < -0.39 is 0 Å². The van der Waals surface area contributed by atoms with E-state index in [1.165, 1.54) is 24.3 Å². The lowest BCUT2D eigenvalue weighted by Crippen LogP contribution is -2.22. The number of benzene rings is 2. The van der Waals surface area contributed by atoms with Gasteiger partial charge in [-0.05, 0) is 36.4 Å². The van der Waals surface area contributed by atoms with Crippen LogP contribution in [0.1, 0.15) is 12.0 Å². The predicted octanol–water partition coefficient (Wildman–Crippen LogP) is 2.82. The van der Waals surface area contributed by atoms with E-state index in [0.717, 1.165) is 5.56 Å². The molecule has 1 N–H and O–H groups in total. The molecule has 0 atom stereocenters. The van der Waals surface area contributed by atoms with Crippen molar-refractivity contribution < 1.29 is 23.4 Å². The van der Waals surface area contributed by atoms with Crippen molar-refractivity contribution in [1.29, 1.82) is 5.26 Å². The first kappa shape index (κ1) is 19.1. The summed E-state index contributed by atoms with van der Waals surface area (Å²) in [5.41, 5.74) is 0.749. The summed E-state index contributed by atoms with van der Waals surface area (Å²) < 4.78 is 29.2. The van der Waals surface area contributed by atoms with Crippen LogP contribution in [0.4, 0.5) is 4.39 Å². The third kappa shape index (κ3) is 5.98. The maximum absolute atomic E-state index is 12.9. The molecule has 2 rings (SSSR count). The molecule has 6 nitrogen and oxygen atoms in total. The van der Waals surface area contributed by atoms with Crippen LogP contribution >= 0.6 is 0 Å². The highest BCUT2D eigenvalue weighted by Crippen LogP contribution is 2.25. The van der Waals surface area contributed by atoms with Crippen LogP contribution in [-0.2, 0) is 11.3 Å². The molecule has 136 valence electrons. The first-order chi connectivity index (χ1) is 12.6. The van der Waals surface area contributed by atoms with Gasteiger partial charge in [-0.15, -0.1) is 0 Å². The summed E-state index contributed by atoms with van der Waals surface area (Å²) in [5.74, 6) is 1.03. The van der Waals surface area contributed by atoms with Crippen LogP contribution in [0.3, 0.4) is 0 Å². The fraction of sp³-hybridized carbons (Fsp3) is 0.263. The van der Waals surface area contributed by atoms with Gasteiger partial charge in [-0.25, -0.2) is 4.39 Å². The van der Waals surface area contributed by atoms with Gasteiger partial charge in [-0.2, -0.15) is 5.26 Å². The van der Waals surface area contributed by atoms with E-state index in [2.05, 4.69) is 5.32 Å². The molecular weight excluding hydrogens is 339 g/mol. The number of halogens is 1. The molecule has 0 saturated carbocycles. The van der Waals surface area contributed by atoms with Gasteiger partial charge in [0.2, 0.25) is 5.91 Å². The van der Waals surface area contributed by atoms with Crippen LogP contribution in [0, 0.1) is 17.1 Å². The molecular formula is C19H19FN2O4. The van der Waals surface area contributed by atoms with Gasteiger partial charge >= 0.3 is 0 Å². The minimum Gasteiger partial charge on any atom is -0.497 e. The molecule has 0 saturated heterocycles. The number of methoxy groups -OCH3 is 1. The van der Waals surface area contributed by atoms with Crippen LogP contribution in [0.2, 0.25) is 0 Å². The van der Waals surface area contributed by atoms with Gasteiger partial charge in [0.15, 0.2) is 0 Å². The molecule has 0 aliphatic carbocycles. The van der Waals surface area contributed by atoms with Crippen LogP contribution in [0.5, 0.6) is 17.2 Å². The minimum atomic E-state index is -0.353. The van der Waals surface area contributed by atoms with Gasteiger partial charge in [0.05, 0.1) is 13.2 Å². The summed E-state index contributed by atoms with van der Waals surface area (Å²) in [6.07, 6.45) is -0.197. The van der Waals surface area contributed by atoms with Gasteiger partial charge in [0, 0.05) is 18.2 Å². The van der Waals surface area contributed by atoms with Crippen molar-refractivity contribution >= 4 is 5.91 Å². The first-order valence-electron chi connectivity index (χ1n) is 7.94. The van der Waals surface area contributed by atoms with E-state index in [1.54, 1.807) is 31.4 Å². The lowest BCUT2D eigenvalue weighted by atomic mass is 10.2. The molecule has 1 amide bonds. The van der Waals surface area contributed by atoms with Gasteiger partial charge in [0.1, 0.15) is 42.7 Å². The molecule has 0 spiro atoms. The van der Waals surface area contributed by atoms with E-state index in [-0.39, 0.29) is 37.9 Å². The van der Waals surface area contributed by atoms with Gasteiger partial charge in [-0.3, -0.25) is 4.79 Å². The normalized spacial score (nSPS) is 9.88. The highest BCUT2D eigenvalue weighted by atomic mass is 19.1. The number of nitrogens with zero attached hydrogens (tertiary/aromatic N) is 1. The molecule has 7 heteroatoms. The Labute approximate surface area is 151 Å². The average molecular weight is 358 g/mol. The summed E-state index contributed by atoms with van der Waals surface area (Å²) in [6, 6.07) is 12.8. The van der Waals surface area contributed by atoms with Crippen molar-refractivity contribution in [3.05, 3.63) is 53.8 Å². The molecule has 0 radical (unpaired) electrons. The van der Waals surface area contributed by atoms with E-state index >= 15 is 0 Å². The largest absolute Gasteiger partial charge is 0.497 e. The summed E-state index contributed by atoms with van der Waals surface area (Å²) in [4.78, 5) is 11.4. The maximum atomic E-state index is 12.9. The molecule has 0 bridgehead atoms. The summed E-state index contributed by atoms with van der Waals surface area (Å²) >= 11 is 0. The van der Waals surface area contributed by atoms with Gasteiger partial charge in [0.25, 0.3) is 0 Å². The molecule has 0 aliphatic rings. The predicted molar refractivity (Wildman–Crippen MR) is 92.5 cm³/mol. The first-order valence-corrected chi connectivity index (χ1v) is 7.94. The fourth-order valence-corrected chi connectivity index (χ4v) is 2.11. The number of carbonyl (C=O) groups is 1. The summed E-state index contributed by atoms with van der Waals surface area (Å²) in [7, 11) is 1.55. The van der Waals surface area contributed by atoms with Gasteiger partial charge < -0.3 is 19.5 Å². The Morgan fingerprint density at radius 3 is 2.50 bits per heavy atom. The smallest absolute Gasteiger partial charge is 0.234 e. The lowest BCUT2D eigenvalue weighted by molar-refractivity contribution is -0.120. The minimum absolute atomic E-state index is 0.197. The van der Waals surface area contributed by atoms with E-state index in [9.17, 15) is 9.18 Å². The van der Waals surface area contributed by atoms with Crippen molar-refractivity contribution in [2.75, 3.05) is 20.3 Å². The quantitative estimate of drug-likeness (QED) is 0.697. The van der Waals surface area contributed by atoms with Crippen LogP contribution in [-0.4, -0.2) is 26.2 Å². The van der Waals surface area contributed by atoms with Crippen LogP contribution < -0.4 is 19.5 Å². The summed E-state index contributed by atoms with van der Waals surface area (Å²) in [5, 5.41) is 11.2. The number of rotatable bonds is 9. The molecule has 0 unspecified atom stereocenters. The molecule has 0 aromatic heterocycles. The fourth-order valence-electron chi connectivity index (χ4n) is 2.11. The Balaban J connectivity index is 1.91. The van der Waals surface area contributed by atoms with E-state index in [0.29, 0.717) is 17.2 Å². The second-order valence-electron chi connectivity index (χ2n) is 5.24. The van der Waals surface area contributed by atoms with Crippen molar-refractivity contribution in [3.8, 4) is 23.3 Å². The Morgan fingerprint density at radius 1 is 1.12 bits per heavy atom. The lowest BCUT2D eigenvalue weighted by Gasteiger charge is -2.14. The number of ether oxygens (including phenoxy) is 3. The highest BCUT2D eigenvalue weighted by molar-refractivity contribution is 5.78. The van der Waals surface area contributed by atoms with Crippen LogP contribution in [0.15, 0.2) is 42.5 Å². The SMILES string of the molecule is COc1ccc(CNC(=O)CC#N)c(OCCOc2ccc(F)cc2)c1. The number of hydrogen-bond acceptors (Lipinski definition) is 5. The van der Waals surface area contributed by atoms with Crippen LogP contribution in [0.25, 0.3) is 0 Å². The number of carbonyl (C=O) groups excluding carboxylic acids is 1.